The maximum Gasteiger partial charge on any atom is 0.244 e. The Labute approximate surface area is 168 Å². The predicted octanol–water partition coefficient (Wildman–Crippen LogP) is 5.03. The van der Waals surface area contributed by atoms with Crippen LogP contribution in [0.2, 0.25) is 5.02 Å². The molecule has 1 heterocycles. The van der Waals surface area contributed by atoms with Crippen LogP contribution in [0, 0.1) is 0 Å². The summed E-state index contributed by atoms with van der Waals surface area (Å²) in [6, 6.07) is 17.2. The monoisotopic (exact) mass is 415 g/mol. The number of halogens is 1. The number of aryl methyl sites for hydroxylation is 2. The minimum atomic E-state index is -3.57. The molecule has 1 fully saturated rings. The first-order valence-electron chi connectivity index (χ1n) is 8.98. The maximum absolute atomic E-state index is 13.3. The normalized spacial score (nSPS) is 19.8. The van der Waals surface area contributed by atoms with Gasteiger partial charge in [0.15, 0.2) is 0 Å². The standard InChI is InChI=1S/C21H18ClNO2S2/c22-16-7-9-17(10-8-16)27(24,25)23-12-13-26-21(23)19-11-6-15-5-4-14-2-1-3-18(19)20(14)15/h1-3,6-11,21H,4-5,12-13H2. The molecule has 1 unspecified atom stereocenters. The molecule has 2 aliphatic rings. The molecular weight excluding hydrogens is 398 g/mol. The Balaban J connectivity index is 1.62. The molecule has 0 saturated carbocycles. The summed E-state index contributed by atoms with van der Waals surface area (Å²) < 4.78 is 28.2. The van der Waals surface area contributed by atoms with E-state index in [1.807, 2.05) is 0 Å². The summed E-state index contributed by atoms with van der Waals surface area (Å²) in [4.78, 5) is 0.297. The molecule has 0 bridgehead atoms. The van der Waals surface area contributed by atoms with Gasteiger partial charge < -0.3 is 0 Å². The third kappa shape index (κ3) is 2.80. The van der Waals surface area contributed by atoms with Crippen LogP contribution in [0.15, 0.2) is 59.5 Å². The molecule has 6 heteroatoms. The minimum absolute atomic E-state index is 0.199. The molecule has 3 aromatic rings. The summed E-state index contributed by atoms with van der Waals surface area (Å²) in [5, 5.41) is 2.86. The van der Waals surface area contributed by atoms with Crippen molar-refractivity contribution in [1.82, 2.24) is 4.31 Å². The van der Waals surface area contributed by atoms with E-state index in [0.29, 0.717) is 16.5 Å². The lowest BCUT2D eigenvalue weighted by Gasteiger charge is -2.25. The number of benzene rings is 3. The van der Waals surface area contributed by atoms with Crippen LogP contribution in [0.1, 0.15) is 22.1 Å². The van der Waals surface area contributed by atoms with E-state index >= 15 is 0 Å². The van der Waals surface area contributed by atoms with Gasteiger partial charge in [-0.05, 0) is 64.6 Å². The van der Waals surface area contributed by atoms with Gasteiger partial charge in [0.2, 0.25) is 10.0 Å². The summed E-state index contributed by atoms with van der Waals surface area (Å²) in [6.07, 6.45) is 2.14. The fourth-order valence-corrected chi connectivity index (χ4v) is 7.57. The van der Waals surface area contributed by atoms with Gasteiger partial charge in [-0.25, -0.2) is 8.42 Å². The van der Waals surface area contributed by atoms with E-state index in [-0.39, 0.29) is 5.37 Å². The molecule has 27 heavy (non-hydrogen) atoms. The smallest absolute Gasteiger partial charge is 0.207 e. The van der Waals surface area contributed by atoms with Crippen molar-refractivity contribution in [3.05, 3.63) is 76.3 Å². The zero-order valence-electron chi connectivity index (χ0n) is 14.6. The van der Waals surface area contributed by atoms with Crippen molar-refractivity contribution in [1.29, 1.82) is 0 Å². The highest BCUT2D eigenvalue weighted by Crippen LogP contribution is 2.45. The van der Waals surface area contributed by atoms with Crippen molar-refractivity contribution in [3.63, 3.8) is 0 Å². The largest absolute Gasteiger partial charge is 0.244 e. The van der Waals surface area contributed by atoms with Crippen LogP contribution in [-0.4, -0.2) is 25.0 Å². The van der Waals surface area contributed by atoms with Crippen LogP contribution in [0.5, 0.6) is 0 Å². The molecule has 1 aliphatic carbocycles. The zero-order valence-corrected chi connectivity index (χ0v) is 16.9. The first-order chi connectivity index (χ1) is 13.1. The molecule has 0 spiro atoms. The highest BCUT2D eigenvalue weighted by atomic mass is 35.5. The number of thioether (sulfide) groups is 1. The molecule has 0 N–H and O–H groups in total. The van der Waals surface area contributed by atoms with Crippen LogP contribution >= 0.6 is 23.4 Å². The summed E-state index contributed by atoms with van der Waals surface area (Å²) in [5.41, 5.74) is 3.84. The Kier molecular flexibility index (Phi) is 4.24. The Bertz CT molecular complexity index is 1130. The number of hydrogen-bond acceptors (Lipinski definition) is 3. The summed E-state index contributed by atoms with van der Waals surface area (Å²) >= 11 is 7.63. The van der Waals surface area contributed by atoms with Gasteiger partial charge in [0.1, 0.15) is 0 Å². The Morgan fingerprint density at radius 3 is 2.48 bits per heavy atom. The number of sulfonamides is 1. The topological polar surface area (TPSA) is 37.4 Å². The van der Waals surface area contributed by atoms with Gasteiger partial charge in [-0.3, -0.25) is 0 Å². The van der Waals surface area contributed by atoms with E-state index in [9.17, 15) is 8.42 Å². The third-order valence-corrected chi connectivity index (χ3v) is 8.95. The second kappa shape index (κ2) is 6.52. The van der Waals surface area contributed by atoms with Crippen LogP contribution in [0.3, 0.4) is 0 Å². The minimum Gasteiger partial charge on any atom is -0.207 e. The molecular formula is C21H18ClNO2S2. The van der Waals surface area contributed by atoms with Crippen molar-refractivity contribution in [2.45, 2.75) is 23.1 Å². The molecule has 3 aromatic carbocycles. The summed E-state index contributed by atoms with van der Waals surface area (Å²) in [6.45, 7) is 0.517. The molecule has 0 amide bonds. The lowest BCUT2D eigenvalue weighted by Crippen LogP contribution is -2.30. The van der Waals surface area contributed by atoms with Crippen molar-refractivity contribution < 1.29 is 8.42 Å². The van der Waals surface area contributed by atoms with Crippen molar-refractivity contribution >= 4 is 44.2 Å². The van der Waals surface area contributed by atoms with Gasteiger partial charge in [0.05, 0.1) is 10.3 Å². The van der Waals surface area contributed by atoms with E-state index < -0.39 is 10.0 Å². The second-order valence-corrected chi connectivity index (χ2v) is 10.5. The van der Waals surface area contributed by atoms with Gasteiger partial charge >= 0.3 is 0 Å². The summed E-state index contributed by atoms with van der Waals surface area (Å²) in [5.74, 6) is 0.792. The third-order valence-electron chi connectivity index (χ3n) is 5.45. The average Bonchev–Trinajstić information content (AvgIpc) is 3.32. The van der Waals surface area contributed by atoms with Crippen LogP contribution < -0.4 is 0 Å². The van der Waals surface area contributed by atoms with Crippen molar-refractivity contribution in [2.75, 3.05) is 12.3 Å². The van der Waals surface area contributed by atoms with E-state index in [1.165, 1.54) is 21.9 Å². The van der Waals surface area contributed by atoms with E-state index in [0.717, 1.165) is 24.2 Å². The first kappa shape index (κ1) is 17.6. The predicted molar refractivity (Wildman–Crippen MR) is 112 cm³/mol. The number of nitrogens with zero attached hydrogens (tertiary/aromatic N) is 1. The van der Waals surface area contributed by atoms with Crippen LogP contribution in [-0.2, 0) is 22.9 Å². The lowest BCUT2D eigenvalue weighted by atomic mass is 10.00. The van der Waals surface area contributed by atoms with E-state index in [4.69, 9.17) is 11.6 Å². The molecule has 1 aliphatic heterocycles. The van der Waals surface area contributed by atoms with Crippen molar-refractivity contribution in [2.24, 2.45) is 0 Å². The average molecular weight is 416 g/mol. The van der Waals surface area contributed by atoms with E-state index in [2.05, 4.69) is 30.3 Å². The molecule has 0 aromatic heterocycles. The Hall–Kier alpha value is -1.53. The second-order valence-electron chi connectivity index (χ2n) is 6.95. The first-order valence-corrected chi connectivity index (χ1v) is 11.8. The lowest BCUT2D eigenvalue weighted by molar-refractivity contribution is 0.435. The molecule has 3 nitrogen and oxygen atoms in total. The van der Waals surface area contributed by atoms with Gasteiger partial charge in [0, 0.05) is 17.3 Å². The zero-order chi connectivity index (χ0) is 18.6. The van der Waals surface area contributed by atoms with E-state index in [1.54, 1.807) is 40.3 Å². The quantitative estimate of drug-likeness (QED) is 0.602. The summed E-state index contributed by atoms with van der Waals surface area (Å²) in [7, 11) is -3.57. The molecule has 1 atom stereocenters. The fraction of sp³-hybridized carbons (Fsp3) is 0.238. The molecule has 5 rings (SSSR count). The van der Waals surface area contributed by atoms with Crippen LogP contribution in [0.25, 0.3) is 10.8 Å². The van der Waals surface area contributed by atoms with Crippen LogP contribution in [0.4, 0.5) is 0 Å². The Morgan fingerprint density at radius 1 is 0.963 bits per heavy atom. The molecule has 138 valence electrons. The van der Waals surface area contributed by atoms with Gasteiger partial charge in [-0.2, -0.15) is 4.31 Å². The molecule has 0 radical (unpaired) electrons. The highest BCUT2D eigenvalue weighted by molar-refractivity contribution is 8.01. The van der Waals surface area contributed by atoms with Gasteiger partial charge in [-0.1, -0.05) is 41.9 Å². The highest BCUT2D eigenvalue weighted by Gasteiger charge is 2.38. The molecule has 1 saturated heterocycles. The number of hydrogen-bond donors (Lipinski definition) is 0. The maximum atomic E-state index is 13.3. The SMILES string of the molecule is O=S(=O)(c1ccc(Cl)cc1)N1CCSC1c1ccc2c3c(cccc13)CC2. The number of rotatable bonds is 3. The van der Waals surface area contributed by atoms with Crippen molar-refractivity contribution in [3.8, 4) is 0 Å². The van der Waals surface area contributed by atoms with Gasteiger partial charge in [-0.15, -0.1) is 11.8 Å². The Morgan fingerprint density at radius 2 is 1.70 bits per heavy atom. The fourth-order valence-electron chi connectivity index (χ4n) is 4.17. The van der Waals surface area contributed by atoms with Gasteiger partial charge in [0.25, 0.3) is 0 Å².